The van der Waals surface area contributed by atoms with E-state index < -0.39 is 0 Å². The molecule has 0 spiro atoms. The molecule has 0 atom stereocenters. The van der Waals surface area contributed by atoms with Gasteiger partial charge in [-0.3, -0.25) is 4.98 Å². The maximum atomic E-state index is 5.62. The SMILES string of the molecule is CN(Cc1ccnc(CN)c1)CC1CCCCC1. The van der Waals surface area contributed by atoms with E-state index in [1.54, 1.807) is 0 Å². The molecule has 0 aromatic carbocycles. The first-order valence-corrected chi connectivity index (χ1v) is 7.10. The fourth-order valence-corrected chi connectivity index (χ4v) is 2.92. The zero-order valence-corrected chi connectivity index (χ0v) is 11.4. The van der Waals surface area contributed by atoms with Crippen LogP contribution in [0.15, 0.2) is 18.3 Å². The standard InChI is InChI=1S/C15H25N3/c1-18(11-13-5-3-2-4-6-13)12-14-7-8-17-15(9-14)10-16/h7-9,13H,2-6,10-12,16H2,1H3. The Morgan fingerprint density at radius 2 is 2.11 bits per heavy atom. The molecular formula is C15H25N3. The lowest BCUT2D eigenvalue weighted by Crippen LogP contribution is -2.26. The van der Waals surface area contributed by atoms with Gasteiger partial charge in [-0.05, 0) is 43.5 Å². The molecule has 1 aromatic rings. The van der Waals surface area contributed by atoms with Gasteiger partial charge in [0.25, 0.3) is 0 Å². The van der Waals surface area contributed by atoms with Gasteiger partial charge in [-0.1, -0.05) is 19.3 Å². The Hall–Kier alpha value is -0.930. The largest absolute Gasteiger partial charge is 0.325 e. The molecule has 0 bridgehead atoms. The predicted molar refractivity (Wildman–Crippen MR) is 75.0 cm³/mol. The van der Waals surface area contributed by atoms with E-state index in [4.69, 9.17) is 5.73 Å². The van der Waals surface area contributed by atoms with E-state index in [0.717, 1.165) is 18.2 Å². The van der Waals surface area contributed by atoms with Crippen LogP contribution in [0.2, 0.25) is 0 Å². The van der Waals surface area contributed by atoms with Crippen molar-refractivity contribution in [1.29, 1.82) is 0 Å². The first-order chi connectivity index (χ1) is 8.78. The van der Waals surface area contributed by atoms with Gasteiger partial charge in [0.05, 0.1) is 5.69 Å². The molecule has 1 fully saturated rings. The Balaban J connectivity index is 1.83. The molecule has 1 aliphatic rings. The molecule has 3 nitrogen and oxygen atoms in total. The second-order valence-electron chi connectivity index (χ2n) is 5.56. The van der Waals surface area contributed by atoms with Gasteiger partial charge in [0.15, 0.2) is 0 Å². The highest BCUT2D eigenvalue weighted by Gasteiger charge is 2.15. The van der Waals surface area contributed by atoms with Gasteiger partial charge in [0, 0.05) is 25.8 Å². The van der Waals surface area contributed by atoms with Crippen molar-refractivity contribution in [2.75, 3.05) is 13.6 Å². The van der Waals surface area contributed by atoms with Gasteiger partial charge in [-0.25, -0.2) is 0 Å². The van der Waals surface area contributed by atoms with E-state index in [9.17, 15) is 0 Å². The summed E-state index contributed by atoms with van der Waals surface area (Å²) in [6.45, 7) is 2.76. The second kappa shape index (κ2) is 6.86. The van der Waals surface area contributed by atoms with E-state index in [1.165, 1.54) is 44.2 Å². The summed E-state index contributed by atoms with van der Waals surface area (Å²) in [4.78, 5) is 6.67. The summed E-state index contributed by atoms with van der Waals surface area (Å²) in [5.74, 6) is 0.902. The van der Waals surface area contributed by atoms with Crippen LogP contribution < -0.4 is 5.73 Å². The van der Waals surface area contributed by atoms with Crippen molar-refractivity contribution in [3.63, 3.8) is 0 Å². The number of hydrogen-bond acceptors (Lipinski definition) is 3. The van der Waals surface area contributed by atoms with Crippen LogP contribution >= 0.6 is 0 Å². The van der Waals surface area contributed by atoms with E-state index in [2.05, 4.69) is 29.1 Å². The lowest BCUT2D eigenvalue weighted by atomic mass is 9.89. The van der Waals surface area contributed by atoms with Crippen molar-refractivity contribution in [3.8, 4) is 0 Å². The van der Waals surface area contributed by atoms with Gasteiger partial charge >= 0.3 is 0 Å². The van der Waals surface area contributed by atoms with Crippen LogP contribution in [-0.4, -0.2) is 23.5 Å². The summed E-state index contributed by atoms with van der Waals surface area (Å²) >= 11 is 0. The molecule has 1 saturated carbocycles. The minimum atomic E-state index is 0.528. The Morgan fingerprint density at radius 1 is 1.33 bits per heavy atom. The first kappa shape index (κ1) is 13.5. The molecule has 1 aliphatic carbocycles. The molecule has 3 heteroatoms. The van der Waals surface area contributed by atoms with Crippen LogP contribution in [0, 0.1) is 5.92 Å². The number of nitrogens with zero attached hydrogens (tertiary/aromatic N) is 2. The van der Waals surface area contributed by atoms with Crippen LogP contribution in [0.5, 0.6) is 0 Å². The molecule has 2 rings (SSSR count). The maximum Gasteiger partial charge on any atom is 0.0542 e. The van der Waals surface area contributed by atoms with Crippen LogP contribution in [0.25, 0.3) is 0 Å². The summed E-state index contributed by atoms with van der Waals surface area (Å²) in [6.07, 6.45) is 8.97. The van der Waals surface area contributed by atoms with Gasteiger partial charge in [-0.15, -0.1) is 0 Å². The third kappa shape index (κ3) is 4.07. The van der Waals surface area contributed by atoms with Crippen LogP contribution in [-0.2, 0) is 13.1 Å². The Bertz CT molecular complexity index is 359. The summed E-state index contributed by atoms with van der Waals surface area (Å²) < 4.78 is 0. The highest BCUT2D eigenvalue weighted by molar-refractivity contribution is 5.16. The predicted octanol–water partition coefficient (Wildman–Crippen LogP) is 2.55. The highest BCUT2D eigenvalue weighted by atomic mass is 15.1. The fourth-order valence-electron chi connectivity index (χ4n) is 2.92. The van der Waals surface area contributed by atoms with E-state index in [-0.39, 0.29) is 0 Å². The molecule has 0 amide bonds. The molecule has 1 aromatic heterocycles. The minimum absolute atomic E-state index is 0.528. The van der Waals surface area contributed by atoms with E-state index in [0.29, 0.717) is 6.54 Å². The summed E-state index contributed by atoms with van der Waals surface area (Å²) in [5.41, 5.74) is 7.93. The van der Waals surface area contributed by atoms with Crippen molar-refractivity contribution in [2.45, 2.75) is 45.2 Å². The molecule has 0 unspecified atom stereocenters. The van der Waals surface area contributed by atoms with Gasteiger partial charge in [-0.2, -0.15) is 0 Å². The number of pyridine rings is 1. The molecule has 100 valence electrons. The summed E-state index contributed by atoms with van der Waals surface area (Å²) in [6, 6.07) is 4.22. The number of aromatic nitrogens is 1. The first-order valence-electron chi connectivity index (χ1n) is 7.10. The van der Waals surface area contributed by atoms with Gasteiger partial charge in [0.2, 0.25) is 0 Å². The molecule has 18 heavy (non-hydrogen) atoms. The third-order valence-electron chi connectivity index (χ3n) is 3.84. The smallest absolute Gasteiger partial charge is 0.0542 e. The Morgan fingerprint density at radius 3 is 2.83 bits per heavy atom. The van der Waals surface area contributed by atoms with Crippen LogP contribution in [0.4, 0.5) is 0 Å². The van der Waals surface area contributed by atoms with Crippen LogP contribution in [0.1, 0.15) is 43.4 Å². The molecule has 0 saturated heterocycles. The van der Waals surface area contributed by atoms with Gasteiger partial charge in [0.1, 0.15) is 0 Å². The zero-order valence-electron chi connectivity index (χ0n) is 11.4. The van der Waals surface area contributed by atoms with Crippen LogP contribution in [0.3, 0.4) is 0 Å². The quantitative estimate of drug-likeness (QED) is 0.869. The molecule has 0 radical (unpaired) electrons. The lowest BCUT2D eigenvalue weighted by molar-refractivity contribution is 0.228. The van der Waals surface area contributed by atoms with Crippen molar-refractivity contribution in [3.05, 3.63) is 29.6 Å². The topological polar surface area (TPSA) is 42.2 Å². The molecular weight excluding hydrogens is 222 g/mol. The lowest BCUT2D eigenvalue weighted by Gasteiger charge is -2.27. The van der Waals surface area contributed by atoms with Crippen molar-refractivity contribution < 1.29 is 0 Å². The number of nitrogens with two attached hydrogens (primary N) is 1. The third-order valence-corrected chi connectivity index (χ3v) is 3.84. The fraction of sp³-hybridized carbons (Fsp3) is 0.667. The minimum Gasteiger partial charge on any atom is -0.325 e. The summed E-state index contributed by atoms with van der Waals surface area (Å²) in [5, 5.41) is 0. The Labute approximate surface area is 110 Å². The van der Waals surface area contributed by atoms with Crippen molar-refractivity contribution in [1.82, 2.24) is 9.88 Å². The van der Waals surface area contributed by atoms with Gasteiger partial charge < -0.3 is 10.6 Å². The number of hydrogen-bond donors (Lipinski definition) is 1. The average Bonchev–Trinajstić information content (AvgIpc) is 2.40. The van der Waals surface area contributed by atoms with Crippen molar-refractivity contribution >= 4 is 0 Å². The highest BCUT2D eigenvalue weighted by Crippen LogP contribution is 2.24. The monoisotopic (exact) mass is 247 g/mol. The zero-order chi connectivity index (χ0) is 12.8. The Kier molecular flexibility index (Phi) is 5.14. The summed E-state index contributed by atoms with van der Waals surface area (Å²) in [7, 11) is 2.22. The second-order valence-corrected chi connectivity index (χ2v) is 5.56. The molecule has 0 aliphatic heterocycles. The van der Waals surface area contributed by atoms with E-state index in [1.807, 2.05) is 6.20 Å². The van der Waals surface area contributed by atoms with E-state index >= 15 is 0 Å². The number of rotatable bonds is 5. The maximum absolute atomic E-state index is 5.62. The molecule has 1 heterocycles. The molecule has 2 N–H and O–H groups in total. The van der Waals surface area contributed by atoms with Crippen molar-refractivity contribution in [2.24, 2.45) is 11.7 Å². The normalized spacial score (nSPS) is 17.3. The average molecular weight is 247 g/mol.